The molecule has 2 heterocycles. The van der Waals surface area contributed by atoms with Crippen LogP contribution in [-0.2, 0) is 11.2 Å². The summed E-state index contributed by atoms with van der Waals surface area (Å²) in [7, 11) is 0. The average Bonchev–Trinajstić information content (AvgIpc) is 3.18. The molecule has 6 heteroatoms. The van der Waals surface area contributed by atoms with Gasteiger partial charge in [0.2, 0.25) is 5.91 Å². The number of hydrogen-bond acceptors (Lipinski definition) is 4. The van der Waals surface area contributed by atoms with Crippen LogP contribution >= 0.6 is 11.3 Å². The van der Waals surface area contributed by atoms with Crippen molar-refractivity contribution in [2.24, 2.45) is 0 Å². The lowest BCUT2D eigenvalue weighted by Gasteiger charge is -2.24. The first-order chi connectivity index (χ1) is 10.7. The van der Waals surface area contributed by atoms with Gasteiger partial charge in [0, 0.05) is 18.2 Å². The van der Waals surface area contributed by atoms with Gasteiger partial charge >= 0.3 is 0 Å². The first-order valence-electron chi connectivity index (χ1n) is 7.20. The van der Waals surface area contributed by atoms with Crippen molar-refractivity contribution in [3.63, 3.8) is 0 Å². The minimum absolute atomic E-state index is 0.0159. The second-order valence-electron chi connectivity index (χ2n) is 5.36. The standard InChI is InChI=1S/C16H16N2O3S/c19-16(10-12-4-1-2-5-15(12)18(20)21)17-8-3-6-14(17)13-7-9-22-11-13/h1-2,4-5,7,9,11,14H,3,6,8,10H2. The third-order valence-electron chi connectivity index (χ3n) is 4.03. The minimum atomic E-state index is -0.428. The van der Waals surface area contributed by atoms with Crippen molar-refractivity contribution in [1.29, 1.82) is 0 Å². The number of nitro benzene ring substituents is 1. The van der Waals surface area contributed by atoms with Gasteiger partial charge < -0.3 is 4.90 Å². The first kappa shape index (κ1) is 14.7. The summed E-state index contributed by atoms with van der Waals surface area (Å²) in [5, 5.41) is 15.1. The average molecular weight is 316 g/mol. The number of likely N-dealkylation sites (tertiary alicyclic amines) is 1. The zero-order valence-electron chi connectivity index (χ0n) is 12.0. The number of amides is 1. The number of carbonyl (C=O) groups excluding carboxylic acids is 1. The molecule has 1 aromatic carbocycles. The molecule has 1 unspecified atom stereocenters. The van der Waals surface area contributed by atoms with Crippen molar-refractivity contribution in [2.75, 3.05) is 6.54 Å². The van der Waals surface area contributed by atoms with Crippen molar-refractivity contribution in [3.8, 4) is 0 Å². The van der Waals surface area contributed by atoms with E-state index in [0.29, 0.717) is 5.56 Å². The van der Waals surface area contributed by atoms with Crippen LogP contribution in [0.2, 0.25) is 0 Å². The lowest BCUT2D eigenvalue weighted by atomic mass is 10.1. The first-order valence-corrected chi connectivity index (χ1v) is 8.15. The third kappa shape index (κ3) is 2.87. The van der Waals surface area contributed by atoms with E-state index in [9.17, 15) is 14.9 Å². The van der Waals surface area contributed by atoms with Crippen LogP contribution in [0, 0.1) is 10.1 Å². The van der Waals surface area contributed by atoms with E-state index in [1.807, 2.05) is 16.3 Å². The molecular weight excluding hydrogens is 300 g/mol. The number of thiophene rings is 1. The molecule has 0 spiro atoms. The maximum Gasteiger partial charge on any atom is 0.273 e. The maximum absolute atomic E-state index is 12.6. The van der Waals surface area contributed by atoms with E-state index < -0.39 is 4.92 Å². The van der Waals surface area contributed by atoms with Crippen molar-refractivity contribution in [2.45, 2.75) is 25.3 Å². The van der Waals surface area contributed by atoms with Gasteiger partial charge in [0.25, 0.3) is 5.69 Å². The fourth-order valence-corrected chi connectivity index (χ4v) is 3.69. The number of carbonyl (C=O) groups is 1. The second kappa shape index (κ2) is 6.27. The smallest absolute Gasteiger partial charge is 0.273 e. The van der Waals surface area contributed by atoms with Gasteiger partial charge in [-0.15, -0.1) is 0 Å². The van der Waals surface area contributed by atoms with Gasteiger partial charge in [-0.1, -0.05) is 18.2 Å². The highest BCUT2D eigenvalue weighted by atomic mass is 32.1. The molecule has 1 aliphatic heterocycles. The van der Waals surface area contributed by atoms with Gasteiger partial charge in [0.1, 0.15) is 0 Å². The Morgan fingerprint density at radius 3 is 2.91 bits per heavy atom. The van der Waals surface area contributed by atoms with Crippen molar-refractivity contribution < 1.29 is 9.72 Å². The molecule has 1 fully saturated rings. The van der Waals surface area contributed by atoms with E-state index in [0.717, 1.165) is 19.4 Å². The van der Waals surface area contributed by atoms with Crippen LogP contribution in [-0.4, -0.2) is 22.3 Å². The Hall–Kier alpha value is -2.21. The van der Waals surface area contributed by atoms with Crippen molar-refractivity contribution in [1.82, 2.24) is 4.90 Å². The van der Waals surface area contributed by atoms with Crippen LogP contribution in [0.3, 0.4) is 0 Å². The van der Waals surface area contributed by atoms with Crippen molar-refractivity contribution in [3.05, 3.63) is 62.3 Å². The highest BCUT2D eigenvalue weighted by Gasteiger charge is 2.31. The van der Waals surface area contributed by atoms with E-state index in [2.05, 4.69) is 5.38 Å². The highest BCUT2D eigenvalue weighted by Crippen LogP contribution is 2.33. The van der Waals surface area contributed by atoms with Gasteiger partial charge in [-0.2, -0.15) is 11.3 Å². The number of rotatable bonds is 4. The number of para-hydroxylation sites is 1. The molecule has 1 aliphatic rings. The third-order valence-corrected chi connectivity index (χ3v) is 4.73. The molecule has 0 saturated carbocycles. The summed E-state index contributed by atoms with van der Waals surface area (Å²) in [5.41, 5.74) is 1.66. The Morgan fingerprint density at radius 2 is 2.18 bits per heavy atom. The molecule has 114 valence electrons. The van der Waals surface area contributed by atoms with E-state index in [-0.39, 0.29) is 24.1 Å². The van der Waals surface area contributed by atoms with Crippen LogP contribution in [0.25, 0.3) is 0 Å². The summed E-state index contributed by atoms with van der Waals surface area (Å²) < 4.78 is 0. The number of hydrogen-bond donors (Lipinski definition) is 0. The molecule has 1 aromatic heterocycles. The van der Waals surface area contributed by atoms with Gasteiger partial charge in [-0.3, -0.25) is 14.9 Å². The molecule has 0 radical (unpaired) electrons. The molecule has 1 amide bonds. The summed E-state index contributed by atoms with van der Waals surface area (Å²) in [6.07, 6.45) is 2.01. The fraction of sp³-hybridized carbons (Fsp3) is 0.312. The summed E-state index contributed by atoms with van der Waals surface area (Å²) in [6, 6.07) is 8.62. The molecule has 2 aromatic rings. The van der Waals surface area contributed by atoms with E-state index >= 15 is 0 Å². The van der Waals surface area contributed by atoms with E-state index in [1.54, 1.807) is 29.5 Å². The lowest BCUT2D eigenvalue weighted by molar-refractivity contribution is -0.385. The zero-order valence-corrected chi connectivity index (χ0v) is 12.8. The monoisotopic (exact) mass is 316 g/mol. The summed E-state index contributed by atoms with van der Waals surface area (Å²) in [4.78, 5) is 25.1. The normalized spacial score (nSPS) is 17.6. The quantitative estimate of drug-likeness (QED) is 0.640. The highest BCUT2D eigenvalue weighted by molar-refractivity contribution is 7.07. The Kier molecular flexibility index (Phi) is 4.20. The Labute approximate surface area is 132 Å². The lowest BCUT2D eigenvalue weighted by Crippen LogP contribution is -2.31. The van der Waals surface area contributed by atoms with Crippen LogP contribution in [0.5, 0.6) is 0 Å². The van der Waals surface area contributed by atoms with Crippen LogP contribution in [0.1, 0.15) is 30.0 Å². The molecule has 3 rings (SSSR count). The summed E-state index contributed by atoms with van der Waals surface area (Å²) >= 11 is 1.62. The topological polar surface area (TPSA) is 63.4 Å². The SMILES string of the molecule is O=C(Cc1ccccc1[N+](=O)[O-])N1CCCC1c1ccsc1. The predicted octanol–water partition coefficient (Wildman–Crippen LogP) is 3.56. The predicted molar refractivity (Wildman–Crippen MR) is 84.8 cm³/mol. The molecule has 1 atom stereocenters. The largest absolute Gasteiger partial charge is 0.335 e. The molecule has 22 heavy (non-hydrogen) atoms. The Balaban J connectivity index is 1.79. The fourth-order valence-electron chi connectivity index (χ4n) is 2.98. The van der Waals surface area contributed by atoms with Crippen molar-refractivity contribution >= 4 is 22.9 Å². The summed E-state index contributed by atoms with van der Waals surface area (Å²) in [6.45, 7) is 0.722. The maximum atomic E-state index is 12.6. The number of nitro groups is 1. The molecule has 1 saturated heterocycles. The molecule has 5 nitrogen and oxygen atoms in total. The Morgan fingerprint density at radius 1 is 1.36 bits per heavy atom. The molecule has 0 N–H and O–H groups in total. The molecular formula is C16H16N2O3S. The van der Waals surface area contributed by atoms with E-state index in [4.69, 9.17) is 0 Å². The molecule has 0 bridgehead atoms. The minimum Gasteiger partial charge on any atom is -0.335 e. The van der Waals surface area contributed by atoms with Gasteiger partial charge in [0.15, 0.2) is 0 Å². The Bertz CT molecular complexity index is 684. The van der Waals surface area contributed by atoms with Crippen LogP contribution in [0.15, 0.2) is 41.1 Å². The van der Waals surface area contributed by atoms with Crippen LogP contribution < -0.4 is 0 Å². The summed E-state index contributed by atoms with van der Waals surface area (Å²) in [5.74, 6) is -0.0389. The van der Waals surface area contributed by atoms with E-state index in [1.165, 1.54) is 11.6 Å². The van der Waals surface area contributed by atoms with Gasteiger partial charge in [0.05, 0.1) is 17.4 Å². The number of nitrogens with zero attached hydrogens (tertiary/aromatic N) is 2. The molecule has 0 aliphatic carbocycles. The number of benzene rings is 1. The second-order valence-corrected chi connectivity index (χ2v) is 6.14. The van der Waals surface area contributed by atoms with Gasteiger partial charge in [-0.25, -0.2) is 0 Å². The zero-order chi connectivity index (χ0) is 15.5. The van der Waals surface area contributed by atoms with Gasteiger partial charge in [-0.05, 0) is 35.2 Å². The van der Waals surface area contributed by atoms with Crippen LogP contribution in [0.4, 0.5) is 5.69 Å².